The van der Waals surface area contributed by atoms with Gasteiger partial charge in [-0.2, -0.15) is 0 Å². The summed E-state index contributed by atoms with van der Waals surface area (Å²) >= 11 is 0. The van der Waals surface area contributed by atoms with Crippen LogP contribution in [0, 0.1) is 0 Å². The normalized spacial score (nSPS) is 13.2. The van der Waals surface area contributed by atoms with Crippen LogP contribution in [0.15, 0.2) is 353 Å². The number of allylic oxidation sites excluding steroid dienone is 6. The zero-order valence-electron chi connectivity index (χ0n) is 62.4. The molecular formula is C98H58N6O6Y6-6. The van der Waals surface area contributed by atoms with E-state index in [2.05, 4.69) is 175 Å². The van der Waals surface area contributed by atoms with Crippen molar-refractivity contribution in [3.05, 3.63) is 418 Å². The van der Waals surface area contributed by atoms with E-state index < -0.39 is 0 Å². The van der Waals surface area contributed by atoms with E-state index in [4.69, 9.17) is 0 Å². The van der Waals surface area contributed by atoms with Gasteiger partial charge in [0.15, 0.2) is 34.7 Å². The summed E-state index contributed by atoms with van der Waals surface area (Å²) < 4.78 is 0. The van der Waals surface area contributed by atoms with Gasteiger partial charge in [0.05, 0.1) is 0 Å². The molecule has 0 N–H and O–H groups in total. The van der Waals surface area contributed by atoms with Gasteiger partial charge in [0, 0.05) is 230 Å². The molecule has 6 aliphatic rings. The van der Waals surface area contributed by atoms with Gasteiger partial charge in [-0.3, -0.25) is 28.8 Å². The van der Waals surface area contributed by atoms with E-state index in [0.29, 0.717) is 67.6 Å². The topological polar surface area (TPSA) is 187 Å². The number of carbonyl (C=O) groups excluding carboxylic acids is 6. The van der Waals surface area contributed by atoms with Crippen LogP contribution in [0.5, 0.6) is 0 Å². The molecule has 540 valence electrons. The first-order valence-corrected chi connectivity index (χ1v) is 35.5. The molecule has 18 heteroatoms. The third-order valence-corrected chi connectivity index (χ3v) is 20.8. The Balaban J connectivity index is 0.000000127. The molecule has 0 amide bonds. The molecule has 0 atom stereocenters. The van der Waals surface area contributed by atoms with Gasteiger partial charge in [0.2, 0.25) is 0 Å². The first-order chi connectivity index (χ1) is 53.5. The summed E-state index contributed by atoms with van der Waals surface area (Å²) in [6.45, 7) is 22.1. The van der Waals surface area contributed by atoms with Crippen LogP contribution < -0.4 is 0 Å². The number of Topliss-reactive ketones (excluding diaryl/α,β-unsaturated/α-hetero) is 6. The fourth-order valence-electron chi connectivity index (χ4n) is 15.3. The predicted molar refractivity (Wildman–Crippen MR) is 450 cm³/mol. The molecule has 23 rings (SSSR count). The van der Waals surface area contributed by atoms with Gasteiger partial charge >= 0.3 is 0 Å². The van der Waals surface area contributed by atoms with E-state index in [-0.39, 0.29) is 231 Å². The van der Waals surface area contributed by atoms with Crippen molar-refractivity contribution >= 4 is 187 Å². The third-order valence-electron chi connectivity index (χ3n) is 20.8. The predicted octanol–water partition coefficient (Wildman–Crippen LogP) is 27.1. The molecule has 0 spiro atoms. The van der Waals surface area contributed by atoms with Crippen LogP contribution in [0.25, 0.3) is 150 Å². The summed E-state index contributed by atoms with van der Waals surface area (Å²) in [5, 5.41) is 49.9. The van der Waals surface area contributed by atoms with E-state index in [1.807, 2.05) is 176 Å². The summed E-state index contributed by atoms with van der Waals surface area (Å²) in [6.07, 6.45) is 0. The molecule has 17 aromatic carbocycles. The van der Waals surface area contributed by atoms with Crippen LogP contribution >= 0.6 is 0 Å². The van der Waals surface area contributed by atoms with E-state index >= 15 is 0 Å². The second-order valence-corrected chi connectivity index (χ2v) is 27.4. The van der Waals surface area contributed by atoms with E-state index in [0.717, 1.165) is 115 Å². The summed E-state index contributed by atoms with van der Waals surface area (Å²) in [4.78, 5) is 71.7. The molecule has 0 fully saturated rings. The molecule has 12 nitrogen and oxygen atoms in total. The Hall–Kier alpha value is -8.52. The Kier molecular flexibility index (Phi) is 26.9. The van der Waals surface area contributed by atoms with Crippen molar-refractivity contribution in [1.29, 1.82) is 0 Å². The van der Waals surface area contributed by atoms with Crippen molar-refractivity contribution in [3.63, 3.8) is 0 Å². The summed E-state index contributed by atoms with van der Waals surface area (Å²) in [7, 11) is 0. The second kappa shape index (κ2) is 36.0. The maximum Gasteiger partial charge on any atom is 0.170 e. The minimum atomic E-state index is -0.0648. The standard InChI is InChI=1S/5C17H11NO.C13H9NO.6Y/c1-10-17(19)15-8-13-6-11-4-2-3-5-12(11)7-14(13)9-16(15)18-10;1-10-17(19)16-14-9-12-5-3-2-4-11(12)8-13(14)6-7-15(16)18-10;1-10-17(19)14-7-6-13-8-11-4-2-3-5-12(11)9-15(13)16(14)18-10;1-10-17(19)16-14-7-6-11-4-2-3-5-12(11)13(14)8-9-15(16)18-10;1-10-17(19)15-9-8-13-12-5-3-2-4-11(12)6-7-14(13)16(15)18-10;1-8-13(15)11-7-6-9-4-2-3-5-10(9)12(11)14-8;;;;;;/h5*2-9H,1H2,(H,18,19);2-7H,1H2,(H,14,15);;;;;;/p-6. The van der Waals surface area contributed by atoms with Crippen molar-refractivity contribution in [2.24, 2.45) is 0 Å². The molecule has 0 saturated heterocycles. The van der Waals surface area contributed by atoms with Gasteiger partial charge in [0.25, 0.3) is 0 Å². The minimum Gasteiger partial charge on any atom is -0.655 e. The van der Waals surface area contributed by atoms with Gasteiger partial charge in [0.1, 0.15) is 0 Å². The second-order valence-electron chi connectivity index (χ2n) is 27.4. The first-order valence-electron chi connectivity index (χ1n) is 35.5. The Morgan fingerprint density at radius 1 is 0.172 bits per heavy atom. The minimum absolute atomic E-state index is 0. The van der Waals surface area contributed by atoms with Crippen LogP contribution in [0.3, 0.4) is 0 Å². The molecule has 116 heavy (non-hydrogen) atoms. The fourth-order valence-corrected chi connectivity index (χ4v) is 15.3. The molecule has 0 aromatic heterocycles. The average Bonchev–Trinajstić information content (AvgIpc) is 1.81. The molecule has 6 radical (unpaired) electrons. The summed E-state index contributed by atoms with van der Waals surface area (Å²) in [5.41, 5.74) is 10.5. The van der Waals surface area contributed by atoms with Crippen LogP contribution in [-0.4, -0.2) is 34.7 Å². The van der Waals surface area contributed by atoms with Crippen LogP contribution in [-0.2, 0) is 196 Å². The number of hydrogen-bond donors (Lipinski definition) is 0. The first kappa shape index (κ1) is 86.8. The van der Waals surface area contributed by atoms with Gasteiger partial charge < -0.3 is 31.9 Å². The number of hydrogen-bond acceptors (Lipinski definition) is 6. The van der Waals surface area contributed by atoms with Crippen LogP contribution in [0.4, 0.5) is 34.1 Å². The Morgan fingerprint density at radius 3 is 0.957 bits per heavy atom. The number of rotatable bonds is 0. The summed E-state index contributed by atoms with van der Waals surface area (Å²) in [6, 6.07) is 92.8. The van der Waals surface area contributed by atoms with Crippen molar-refractivity contribution in [1.82, 2.24) is 0 Å². The average molecular weight is 1950 g/mol. The van der Waals surface area contributed by atoms with Gasteiger partial charge in [-0.1, -0.05) is 271 Å². The van der Waals surface area contributed by atoms with Crippen molar-refractivity contribution < 1.29 is 225 Å². The fraction of sp³-hybridized carbons (Fsp3) is 0. The summed E-state index contributed by atoms with van der Waals surface area (Å²) in [5.74, 6) is -0.373. The van der Waals surface area contributed by atoms with E-state index in [1.54, 1.807) is 0 Å². The smallest absolute Gasteiger partial charge is 0.170 e. The van der Waals surface area contributed by atoms with Crippen molar-refractivity contribution in [3.8, 4) is 0 Å². The van der Waals surface area contributed by atoms with Gasteiger partial charge in [-0.25, -0.2) is 0 Å². The zero-order valence-corrected chi connectivity index (χ0v) is 79.4. The van der Waals surface area contributed by atoms with Crippen molar-refractivity contribution in [2.45, 2.75) is 0 Å². The quantitative estimate of drug-likeness (QED) is 0.0825. The Bertz CT molecular complexity index is 7070. The molecule has 0 bridgehead atoms. The van der Waals surface area contributed by atoms with Gasteiger partial charge in [-0.05, 0) is 161 Å². The number of ketones is 6. The molecule has 6 heterocycles. The maximum absolute atomic E-state index is 12.2. The van der Waals surface area contributed by atoms with Gasteiger partial charge in [-0.15, -0.1) is 73.6 Å². The molecule has 0 saturated carbocycles. The van der Waals surface area contributed by atoms with E-state index in [9.17, 15) is 28.8 Å². The van der Waals surface area contributed by atoms with Crippen molar-refractivity contribution in [2.75, 3.05) is 0 Å². The largest absolute Gasteiger partial charge is 0.655 e. The molecule has 0 aliphatic carbocycles. The van der Waals surface area contributed by atoms with Crippen LogP contribution in [0.1, 0.15) is 62.1 Å². The number of nitrogens with zero attached hydrogens (tertiary/aromatic N) is 6. The zero-order chi connectivity index (χ0) is 75.3. The molecule has 17 aromatic rings. The molecular weight excluding hydrogens is 1890 g/mol. The monoisotopic (exact) mass is 1950 g/mol. The molecule has 6 aliphatic heterocycles. The maximum atomic E-state index is 12.2. The number of fused-ring (bicyclic) bond motifs is 24. The SMILES string of the molecule is C=C1[N-]c2c(ccc3c2ccc2ccccc23)C1=O.C=C1[N-]c2c(ccc3cc4ccccc4cc23)C1=O.C=C1[N-]c2c(ccc3ccccc23)C1=O.C=C1[N-]c2cc3cc4ccccc4cc3cc2C1=O.C=C1[N-]c2ccc3c(ccc4ccccc43)c2C1=O.C=C1[N-]c2ccc3cc4ccccc4cc3c2C1=O.[Y].[Y].[Y].[Y].[Y].[Y]. The molecule has 0 unspecified atom stereocenters. The Morgan fingerprint density at radius 2 is 0.457 bits per heavy atom. The van der Waals surface area contributed by atoms with E-state index in [1.165, 1.54) is 37.7 Å². The number of carbonyl (C=O) groups is 6. The number of benzene rings is 17. The third kappa shape index (κ3) is 16.0. The van der Waals surface area contributed by atoms with Crippen LogP contribution in [0.2, 0.25) is 0 Å². The Labute approximate surface area is 818 Å².